The first kappa shape index (κ1) is 18.9. The molecule has 1 aromatic carbocycles. The third-order valence-electron chi connectivity index (χ3n) is 3.52. The number of hydrogen-bond acceptors (Lipinski definition) is 6. The Labute approximate surface area is 151 Å². The lowest BCUT2D eigenvalue weighted by Gasteiger charge is -2.11. The lowest BCUT2D eigenvalue weighted by molar-refractivity contribution is -0.114. The SMILES string of the molecule is CCCc1nc(OCc2ccccc2C(=NOC)C(=O)NC)c(C)s1. The van der Waals surface area contributed by atoms with Crippen LogP contribution in [-0.2, 0) is 22.7 Å². The molecule has 6 nitrogen and oxygen atoms in total. The number of hydrogen-bond donors (Lipinski definition) is 1. The van der Waals surface area contributed by atoms with Gasteiger partial charge in [-0.25, -0.2) is 4.98 Å². The molecule has 0 aliphatic heterocycles. The van der Waals surface area contributed by atoms with Crippen LogP contribution < -0.4 is 10.1 Å². The minimum Gasteiger partial charge on any atom is -0.472 e. The van der Waals surface area contributed by atoms with E-state index in [9.17, 15) is 4.79 Å². The van der Waals surface area contributed by atoms with Gasteiger partial charge in [-0.3, -0.25) is 4.79 Å². The van der Waals surface area contributed by atoms with E-state index in [4.69, 9.17) is 9.57 Å². The van der Waals surface area contributed by atoms with Crippen LogP contribution in [0.4, 0.5) is 0 Å². The zero-order chi connectivity index (χ0) is 18.2. The molecule has 2 aromatic rings. The molecule has 0 radical (unpaired) electrons. The number of nitrogens with one attached hydrogen (secondary N) is 1. The summed E-state index contributed by atoms with van der Waals surface area (Å²) in [5.41, 5.74) is 1.72. The number of carbonyl (C=O) groups is 1. The highest BCUT2D eigenvalue weighted by atomic mass is 32.1. The molecule has 25 heavy (non-hydrogen) atoms. The second kappa shape index (κ2) is 9.17. The number of carbonyl (C=O) groups excluding carboxylic acids is 1. The Hall–Kier alpha value is -2.41. The highest BCUT2D eigenvalue weighted by Crippen LogP contribution is 2.26. The molecule has 0 aliphatic carbocycles. The molecule has 0 saturated carbocycles. The molecule has 0 aliphatic rings. The third-order valence-corrected chi connectivity index (χ3v) is 4.54. The Balaban J connectivity index is 2.23. The molecule has 1 aromatic heterocycles. The van der Waals surface area contributed by atoms with Crippen LogP contribution in [0.3, 0.4) is 0 Å². The Morgan fingerprint density at radius 1 is 1.36 bits per heavy atom. The second-order valence-electron chi connectivity index (χ2n) is 5.37. The number of likely N-dealkylation sites (N-methyl/N-ethyl adjacent to an activating group) is 1. The van der Waals surface area contributed by atoms with Crippen molar-refractivity contribution in [2.75, 3.05) is 14.2 Å². The number of aromatic nitrogens is 1. The standard InChI is InChI=1S/C18H23N3O3S/c1-5-8-15-20-18(12(2)25-15)24-11-13-9-6-7-10-14(13)16(21-23-4)17(22)19-3/h6-7,9-10H,5,8,11H2,1-4H3,(H,19,22). The van der Waals surface area contributed by atoms with E-state index in [1.165, 1.54) is 7.11 Å². The summed E-state index contributed by atoms with van der Waals surface area (Å²) in [6.45, 7) is 4.43. The van der Waals surface area contributed by atoms with Crippen LogP contribution in [0.15, 0.2) is 29.4 Å². The number of ether oxygens (including phenoxy) is 1. The van der Waals surface area contributed by atoms with Gasteiger partial charge < -0.3 is 14.9 Å². The summed E-state index contributed by atoms with van der Waals surface area (Å²) in [7, 11) is 2.97. The van der Waals surface area contributed by atoms with Gasteiger partial charge in [-0.15, -0.1) is 11.3 Å². The zero-order valence-corrected chi connectivity index (χ0v) is 15.8. The average molecular weight is 361 g/mol. The van der Waals surface area contributed by atoms with Gasteiger partial charge in [0.05, 0.1) is 9.88 Å². The molecule has 0 spiro atoms. The van der Waals surface area contributed by atoms with Crippen molar-refractivity contribution >= 4 is 23.0 Å². The van der Waals surface area contributed by atoms with Gasteiger partial charge in [0.15, 0.2) is 5.71 Å². The monoisotopic (exact) mass is 361 g/mol. The number of nitrogens with zero attached hydrogens (tertiary/aromatic N) is 2. The molecule has 7 heteroatoms. The molecule has 0 bridgehead atoms. The third kappa shape index (κ3) is 4.79. The molecule has 0 fully saturated rings. The summed E-state index contributed by atoms with van der Waals surface area (Å²) in [6, 6.07) is 7.47. The molecule has 2 rings (SSSR count). The highest BCUT2D eigenvalue weighted by molar-refractivity contribution is 7.11. The summed E-state index contributed by atoms with van der Waals surface area (Å²) in [5.74, 6) is 0.331. The zero-order valence-electron chi connectivity index (χ0n) is 15.0. The van der Waals surface area contributed by atoms with Gasteiger partial charge >= 0.3 is 0 Å². The molecule has 134 valence electrons. The Kier molecular flexibility index (Phi) is 6.94. The lowest BCUT2D eigenvalue weighted by Crippen LogP contribution is -2.29. The second-order valence-corrected chi connectivity index (χ2v) is 6.65. The van der Waals surface area contributed by atoms with E-state index in [1.54, 1.807) is 18.4 Å². The van der Waals surface area contributed by atoms with Crippen molar-refractivity contribution in [1.29, 1.82) is 0 Å². The van der Waals surface area contributed by atoms with Crippen molar-refractivity contribution in [3.63, 3.8) is 0 Å². The van der Waals surface area contributed by atoms with Gasteiger partial charge in [-0.1, -0.05) is 36.3 Å². The van der Waals surface area contributed by atoms with Crippen LogP contribution in [0.2, 0.25) is 0 Å². The van der Waals surface area contributed by atoms with E-state index < -0.39 is 0 Å². The summed E-state index contributed by atoms with van der Waals surface area (Å²) in [5, 5.41) is 7.52. The Morgan fingerprint density at radius 2 is 2.12 bits per heavy atom. The number of oxime groups is 1. The fourth-order valence-corrected chi connectivity index (χ4v) is 3.32. The Morgan fingerprint density at radius 3 is 2.80 bits per heavy atom. The number of aryl methyl sites for hydroxylation is 2. The van der Waals surface area contributed by atoms with Crippen LogP contribution in [0.5, 0.6) is 5.88 Å². The summed E-state index contributed by atoms with van der Waals surface area (Å²) >= 11 is 1.66. The minimum absolute atomic E-state index is 0.214. The smallest absolute Gasteiger partial charge is 0.273 e. The van der Waals surface area contributed by atoms with Crippen molar-refractivity contribution in [1.82, 2.24) is 10.3 Å². The summed E-state index contributed by atoms with van der Waals surface area (Å²) in [4.78, 5) is 22.5. The van der Waals surface area contributed by atoms with E-state index in [0.29, 0.717) is 18.1 Å². The lowest BCUT2D eigenvalue weighted by atomic mass is 10.0. The van der Waals surface area contributed by atoms with Gasteiger partial charge in [0, 0.05) is 12.6 Å². The molecule has 1 heterocycles. The maximum absolute atomic E-state index is 12.1. The van der Waals surface area contributed by atoms with Crippen LogP contribution in [0.25, 0.3) is 0 Å². The van der Waals surface area contributed by atoms with E-state index in [1.807, 2.05) is 31.2 Å². The molecule has 1 N–H and O–H groups in total. The van der Waals surface area contributed by atoms with Crippen LogP contribution in [-0.4, -0.2) is 30.8 Å². The van der Waals surface area contributed by atoms with E-state index >= 15 is 0 Å². The van der Waals surface area contributed by atoms with Gasteiger partial charge in [0.1, 0.15) is 13.7 Å². The van der Waals surface area contributed by atoms with Crippen molar-refractivity contribution in [2.24, 2.45) is 5.16 Å². The van der Waals surface area contributed by atoms with Crippen molar-refractivity contribution in [3.8, 4) is 5.88 Å². The minimum atomic E-state index is -0.315. The van der Waals surface area contributed by atoms with Crippen molar-refractivity contribution in [2.45, 2.75) is 33.3 Å². The summed E-state index contributed by atoms with van der Waals surface area (Å²) in [6.07, 6.45) is 2.00. The molecular weight excluding hydrogens is 338 g/mol. The van der Waals surface area contributed by atoms with E-state index in [0.717, 1.165) is 28.3 Å². The first-order chi connectivity index (χ1) is 12.1. The van der Waals surface area contributed by atoms with Crippen molar-refractivity contribution < 1.29 is 14.4 Å². The maximum atomic E-state index is 12.1. The number of thiazole rings is 1. The Bertz CT molecular complexity index is 756. The van der Waals surface area contributed by atoms with Crippen LogP contribution in [0, 0.1) is 6.92 Å². The van der Waals surface area contributed by atoms with E-state index in [2.05, 4.69) is 22.4 Å². The fourth-order valence-electron chi connectivity index (χ4n) is 2.34. The van der Waals surface area contributed by atoms with Gasteiger partial charge in [0.2, 0.25) is 5.88 Å². The normalized spacial score (nSPS) is 11.3. The quantitative estimate of drug-likeness (QED) is 0.579. The predicted molar refractivity (Wildman–Crippen MR) is 99.2 cm³/mol. The average Bonchev–Trinajstić information content (AvgIpc) is 2.97. The highest BCUT2D eigenvalue weighted by Gasteiger charge is 2.18. The molecule has 0 saturated heterocycles. The number of rotatable bonds is 8. The van der Waals surface area contributed by atoms with Crippen molar-refractivity contribution in [3.05, 3.63) is 45.3 Å². The largest absolute Gasteiger partial charge is 0.472 e. The van der Waals surface area contributed by atoms with E-state index in [-0.39, 0.29) is 11.6 Å². The topological polar surface area (TPSA) is 72.8 Å². The van der Waals surface area contributed by atoms with Gasteiger partial charge in [-0.2, -0.15) is 0 Å². The first-order valence-electron chi connectivity index (χ1n) is 8.11. The van der Waals surface area contributed by atoms with Gasteiger partial charge in [0.25, 0.3) is 5.91 Å². The van der Waals surface area contributed by atoms with Crippen LogP contribution >= 0.6 is 11.3 Å². The fraction of sp³-hybridized carbons (Fsp3) is 0.389. The van der Waals surface area contributed by atoms with Gasteiger partial charge in [-0.05, 0) is 25.3 Å². The molecular formula is C18H23N3O3S. The predicted octanol–water partition coefficient (Wildman–Crippen LogP) is 3.08. The maximum Gasteiger partial charge on any atom is 0.273 e. The molecule has 0 atom stereocenters. The number of benzene rings is 1. The molecule has 1 amide bonds. The molecule has 0 unspecified atom stereocenters. The number of amides is 1. The first-order valence-corrected chi connectivity index (χ1v) is 8.92. The summed E-state index contributed by atoms with van der Waals surface area (Å²) < 4.78 is 5.90. The van der Waals surface area contributed by atoms with Crippen LogP contribution in [0.1, 0.15) is 34.4 Å².